The lowest BCUT2D eigenvalue weighted by atomic mass is 9.98. The maximum atomic E-state index is 3.87. The van der Waals surface area contributed by atoms with E-state index in [1.165, 1.54) is 33.0 Å². The third-order valence-corrected chi connectivity index (χ3v) is 6.74. The maximum absolute atomic E-state index is 3.87. The van der Waals surface area contributed by atoms with Crippen LogP contribution in [0, 0.1) is 6.92 Å². The van der Waals surface area contributed by atoms with Gasteiger partial charge in [-0.1, -0.05) is 103 Å². The van der Waals surface area contributed by atoms with Gasteiger partial charge in [-0.15, -0.1) is 0 Å². The van der Waals surface area contributed by atoms with Gasteiger partial charge in [0.2, 0.25) is 0 Å². The van der Waals surface area contributed by atoms with Crippen molar-refractivity contribution in [3.8, 4) is 0 Å². The molecule has 182 valence electrons. The van der Waals surface area contributed by atoms with Crippen molar-refractivity contribution >= 4 is 10.8 Å². The molecule has 3 heteroatoms. The van der Waals surface area contributed by atoms with Gasteiger partial charge < -0.3 is 16.0 Å². The van der Waals surface area contributed by atoms with E-state index in [0.717, 1.165) is 38.9 Å². The Morgan fingerprint density at radius 2 is 1.34 bits per heavy atom. The number of aryl methyl sites for hydroxylation is 1. The van der Waals surface area contributed by atoms with Gasteiger partial charge in [0.25, 0.3) is 0 Å². The van der Waals surface area contributed by atoms with E-state index in [2.05, 4.69) is 120 Å². The lowest BCUT2D eigenvalue weighted by Crippen LogP contribution is -2.47. The molecule has 0 unspecified atom stereocenters. The molecule has 0 amide bonds. The Kier molecular flexibility index (Phi) is 9.47. The van der Waals surface area contributed by atoms with Crippen molar-refractivity contribution in [2.75, 3.05) is 26.7 Å². The molecule has 0 aliphatic heterocycles. The van der Waals surface area contributed by atoms with Crippen molar-refractivity contribution in [1.29, 1.82) is 0 Å². The first-order valence-corrected chi connectivity index (χ1v) is 12.9. The predicted octanol–water partition coefficient (Wildman–Crippen LogP) is 5.31. The topological polar surface area (TPSA) is 36.1 Å². The molecule has 0 aliphatic rings. The first-order chi connectivity index (χ1) is 17.2. The maximum Gasteiger partial charge on any atom is 0.0233 e. The molecule has 4 aromatic carbocycles. The summed E-state index contributed by atoms with van der Waals surface area (Å²) in [5, 5.41) is 13.8. The van der Waals surface area contributed by atoms with Crippen LogP contribution in [-0.4, -0.2) is 38.8 Å². The molecule has 0 aliphatic carbocycles. The summed E-state index contributed by atoms with van der Waals surface area (Å²) in [6.07, 6.45) is 3.06. The second-order valence-corrected chi connectivity index (χ2v) is 9.58. The third kappa shape index (κ3) is 7.76. The minimum absolute atomic E-state index is 0.349. The average Bonchev–Trinajstić information content (AvgIpc) is 2.89. The number of fused-ring (bicyclic) bond motifs is 1. The number of benzene rings is 4. The lowest BCUT2D eigenvalue weighted by molar-refractivity contribution is 0.418. The van der Waals surface area contributed by atoms with Gasteiger partial charge in [-0.25, -0.2) is 0 Å². The summed E-state index contributed by atoms with van der Waals surface area (Å²) in [5.41, 5.74) is 5.48. The van der Waals surface area contributed by atoms with Crippen LogP contribution in [0.1, 0.15) is 22.3 Å². The molecular formula is C32H39N3. The summed E-state index contributed by atoms with van der Waals surface area (Å²) in [6.45, 7) is 4.98. The van der Waals surface area contributed by atoms with Gasteiger partial charge in [0.1, 0.15) is 0 Å². The van der Waals surface area contributed by atoms with Crippen molar-refractivity contribution in [2.24, 2.45) is 0 Å². The van der Waals surface area contributed by atoms with Crippen molar-refractivity contribution in [2.45, 2.75) is 38.3 Å². The average molecular weight is 466 g/mol. The van der Waals surface area contributed by atoms with Crippen molar-refractivity contribution < 1.29 is 0 Å². The summed E-state index contributed by atoms with van der Waals surface area (Å²) in [4.78, 5) is 0. The fraction of sp³-hybridized carbons (Fsp3) is 0.312. The molecular weight excluding hydrogens is 426 g/mol. The van der Waals surface area contributed by atoms with Gasteiger partial charge in [0.15, 0.2) is 0 Å². The molecule has 0 saturated carbocycles. The predicted molar refractivity (Wildman–Crippen MR) is 150 cm³/mol. The van der Waals surface area contributed by atoms with Crippen molar-refractivity contribution in [3.05, 3.63) is 119 Å². The normalized spacial score (nSPS) is 13.1. The highest BCUT2D eigenvalue weighted by molar-refractivity contribution is 5.85. The fourth-order valence-electron chi connectivity index (χ4n) is 4.80. The highest BCUT2D eigenvalue weighted by Gasteiger charge is 2.15. The number of rotatable bonds is 13. The van der Waals surface area contributed by atoms with E-state index in [1.807, 2.05) is 7.05 Å². The Balaban J connectivity index is 1.44. The molecule has 0 spiro atoms. The first kappa shape index (κ1) is 25.1. The van der Waals surface area contributed by atoms with E-state index in [1.54, 1.807) is 0 Å². The fourth-order valence-corrected chi connectivity index (χ4v) is 4.80. The highest BCUT2D eigenvalue weighted by Crippen LogP contribution is 2.20. The molecule has 0 heterocycles. The highest BCUT2D eigenvalue weighted by atomic mass is 15.0. The molecule has 4 aromatic rings. The molecule has 0 radical (unpaired) electrons. The number of likely N-dealkylation sites (N-methyl/N-ethyl adjacent to an activating group) is 1. The Hall–Kier alpha value is -2.98. The Morgan fingerprint density at radius 1 is 0.629 bits per heavy atom. The van der Waals surface area contributed by atoms with E-state index >= 15 is 0 Å². The van der Waals surface area contributed by atoms with Gasteiger partial charge in [-0.3, -0.25) is 0 Å². The molecule has 0 saturated heterocycles. The zero-order valence-electron chi connectivity index (χ0n) is 21.1. The second kappa shape index (κ2) is 13.2. The molecule has 0 bridgehead atoms. The summed E-state index contributed by atoms with van der Waals surface area (Å²) >= 11 is 0. The van der Waals surface area contributed by atoms with Crippen LogP contribution in [0.5, 0.6) is 0 Å². The van der Waals surface area contributed by atoms with Crippen LogP contribution in [0.3, 0.4) is 0 Å². The molecule has 3 N–H and O–H groups in total. The second-order valence-electron chi connectivity index (χ2n) is 9.58. The SMILES string of the molecule is CNC[C@H](Cc1ccccc1)NC[C@@H](Cc1cccc2ccccc12)NCCc1ccc(C)cc1. The van der Waals surface area contributed by atoms with Gasteiger partial charge in [-0.05, 0) is 67.2 Å². The smallest absolute Gasteiger partial charge is 0.0233 e. The largest absolute Gasteiger partial charge is 0.318 e. The number of hydrogen-bond acceptors (Lipinski definition) is 3. The minimum atomic E-state index is 0.349. The van der Waals surface area contributed by atoms with Crippen LogP contribution in [0.4, 0.5) is 0 Å². The zero-order valence-corrected chi connectivity index (χ0v) is 21.1. The molecule has 4 rings (SSSR count). The van der Waals surface area contributed by atoms with E-state index in [0.29, 0.717) is 12.1 Å². The quantitative estimate of drug-likeness (QED) is 0.250. The summed E-state index contributed by atoms with van der Waals surface area (Å²) < 4.78 is 0. The standard InChI is InChI=1S/C32H39N3/c1-25-15-17-26(18-16-25)19-20-34-31(22-29-13-8-12-28-11-6-7-14-32(28)29)24-35-30(23-33-2)21-27-9-4-3-5-10-27/h3-18,30-31,33-35H,19-24H2,1-2H3/t30-,31+/m0/s1. The van der Waals surface area contributed by atoms with Gasteiger partial charge in [0, 0.05) is 25.2 Å². The molecule has 35 heavy (non-hydrogen) atoms. The van der Waals surface area contributed by atoms with Crippen LogP contribution in [0.15, 0.2) is 97.1 Å². The Bertz CT molecular complexity index is 1150. The third-order valence-electron chi connectivity index (χ3n) is 6.74. The lowest BCUT2D eigenvalue weighted by Gasteiger charge is -2.25. The van der Waals surface area contributed by atoms with E-state index in [4.69, 9.17) is 0 Å². The van der Waals surface area contributed by atoms with Crippen LogP contribution < -0.4 is 16.0 Å². The molecule has 0 aromatic heterocycles. The molecule has 2 atom stereocenters. The Labute approximate surface area is 211 Å². The van der Waals surface area contributed by atoms with E-state index < -0.39 is 0 Å². The van der Waals surface area contributed by atoms with Crippen molar-refractivity contribution in [3.63, 3.8) is 0 Å². The molecule has 3 nitrogen and oxygen atoms in total. The molecule has 0 fully saturated rings. The van der Waals surface area contributed by atoms with E-state index in [-0.39, 0.29) is 0 Å². The van der Waals surface area contributed by atoms with Crippen LogP contribution >= 0.6 is 0 Å². The Morgan fingerprint density at radius 3 is 2.14 bits per heavy atom. The number of hydrogen-bond donors (Lipinski definition) is 3. The first-order valence-electron chi connectivity index (χ1n) is 12.9. The van der Waals surface area contributed by atoms with Gasteiger partial charge in [0.05, 0.1) is 0 Å². The van der Waals surface area contributed by atoms with E-state index in [9.17, 15) is 0 Å². The van der Waals surface area contributed by atoms with Crippen LogP contribution in [-0.2, 0) is 19.3 Å². The zero-order chi connectivity index (χ0) is 24.3. The van der Waals surface area contributed by atoms with Crippen molar-refractivity contribution in [1.82, 2.24) is 16.0 Å². The minimum Gasteiger partial charge on any atom is -0.318 e. The van der Waals surface area contributed by atoms with Gasteiger partial charge in [-0.2, -0.15) is 0 Å². The van der Waals surface area contributed by atoms with Crippen LogP contribution in [0.25, 0.3) is 10.8 Å². The monoisotopic (exact) mass is 465 g/mol. The van der Waals surface area contributed by atoms with Crippen LogP contribution in [0.2, 0.25) is 0 Å². The summed E-state index contributed by atoms with van der Waals surface area (Å²) in [5.74, 6) is 0. The van der Waals surface area contributed by atoms with Gasteiger partial charge >= 0.3 is 0 Å². The summed E-state index contributed by atoms with van der Waals surface area (Å²) in [7, 11) is 2.03. The number of nitrogens with one attached hydrogen (secondary N) is 3. The summed E-state index contributed by atoms with van der Waals surface area (Å²) in [6, 6.07) is 35.8.